The molecule has 0 aliphatic carbocycles. The molecule has 1 amide bonds. The topological polar surface area (TPSA) is 49.3 Å². The van der Waals surface area contributed by atoms with E-state index in [1.165, 1.54) is 0 Å². The van der Waals surface area contributed by atoms with Crippen LogP contribution in [-0.2, 0) is 4.79 Å². The fourth-order valence-electron chi connectivity index (χ4n) is 2.54. The molecule has 2 rings (SSSR count). The van der Waals surface area contributed by atoms with Crippen molar-refractivity contribution in [2.45, 2.75) is 46.0 Å². The normalized spacial score (nSPS) is 17.3. The third kappa shape index (κ3) is 2.87. The summed E-state index contributed by atoms with van der Waals surface area (Å²) < 4.78 is 0. The average Bonchev–Trinajstić information content (AvgIpc) is 2.76. The molecule has 0 unspecified atom stereocenters. The second-order valence-corrected chi connectivity index (χ2v) is 6.03. The second-order valence-electron chi connectivity index (χ2n) is 6.03. The van der Waals surface area contributed by atoms with Crippen molar-refractivity contribution < 1.29 is 9.90 Å². The van der Waals surface area contributed by atoms with E-state index < -0.39 is 0 Å². The maximum absolute atomic E-state index is 11.7. The van der Waals surface area contributed by atoms with Crippen LogP contribution in [0.5, 0.6) is 5.75 Å². The van der Waals surface area contributed by atoms with E-state index in [4.69, 9.17) is 0 Å². The monoisotopic (exact) mass is 273 g/mol. The zero-order valence-electron chi connectivity index (χ0n) is 12.7. The van der Waals surface area contributed by atoms with E-state index in [0.717, 1.165) is 35.2 Å². The van der Waals surface area contributed by atoms with Crippen LogP contribution in [0.4, 0.5) is 0 Å². The van der Waals surface area contributed by atoms with Crippen LogP contribution in [0.1, 0.15) is 62.6 Å². The van der Waals surface area contributed by atoms with E-state index in [-0.39, 0.29) is 17.7 Å². The van der Waals surface area contributed by atoms with Crippen LogP contribution in [0.15, 0.2) is 17.7 Å². The first kappa shape index (κ1) is 14.6. The number of carbonyl (C=O) groups is 1. The van der Waals surface area contributed by atoms with Crippen molar-refractivity contribution in [1.29, 1.82) is 0 Å². The van der Waals surface area contributed by atoms with Gasteiger partial charge in [0.25, 0.3) is 0 Å². The molecule has 1 aromatic rings. The second kappa shape index (κ2) is 5.70. The van der Waals surface area contributed by atoms with Gasteiger partial charge in [-0.25, -0.2) is 0 Å². The van der Waals surface area contributed by atoms with Crippen molar-refractivity contribution in [1.82, 2.24) is 5.32 Å². The zero-order valence-corrected chi connectivity index (χ0v) is 12.7. The molecule has 0 atom stereocenters. The van der Waals surface area contributed by atoms with Crippen molar-refractivity contribution in [3.63, 3.8) is 0 Å². The average molecular weight is 273 g/mol. The molecule has 0 radical (unpaired) electrons. The van der Waals surface area contributed by atoms with Gasteiger partial charge in [0.1, 0.15) is 5.75 Å². The van der Waals surface area contributed by atoms with Crippen molar-refractivity contribution in [2.75, 3.05) is 6.54 Å². The maximum atomic E-state index is 11.7. The number of phenols is 1. The predicted octanol–water partition coefficient (Wildman–Crippen LogP) is 3.54. The van der Waals surface area contributed by atoms with Crippen LogP contribution in [0.3, 0.4) is 0 Å². The molecule has 3 heteroatoms. The highest BCUT2D eigenvalue weighted by atomic mass is 16.3. The van der Waals surface area contributed by atoms with Crippen LogP contribution in [-0.4, -0.2) is 17.6 Å². The van der Waals surface area contributed by atoms with Gasteiger partial charge >= 0.3 is 0 Å². The fraction of sp³-hybridized carbons (Fsp3) is 0.471. The van der Waals surface area contributed by atoms with Gasteiger partial charge in [0.05, 0.1) is 0 Å². The number of hydrogen-bond donors (Lipinski definition) is 2. The Hall–Kier alpha value is -1.77. The predicted molar refractivity (Wildman–Crippen MR) is 81.9 cm³/mol. The first-order chi connectivity index (χ1) is 9.40. The molecule has 2 N–H and O–H groups in total. The third-order valence-electron chi connectivity index (χ3n) is 3.75. The van der Waals surface area contributed by atoms with Gasteiger partial charge in [0.15, 0.2) is 0 Å². The summed E-state index contributed by atoms with van der Waals surface area (Å²) in [5.74, 6) is 0.926. The number of nitrogens with one attached hydrogen (secondary N) is 1. The lowest BCUT2D eigenvalue weighted by Crippen LogP contribution is -2.14. The molecule has 3 nitrogen and oxygen atoms in total. The highest BCUT2D eigenvalue weighted by Gasteiger charge is 2.18. The number of rotatable bonds is 3. The molecular weight excluding hydrogens is 250 g/mol. The number of benzene rings is 1. The SMILES string of the molecule is CC(C)c1cc(C=C2CCNC2=O)cc(C(C)C)c1O. The molecule has 0 bridgehead atoms. The lowest BCUT2D eigenvalue weighted by atomic mass is 9.91. The molecule has 1 aliphatic heterocycles. The Morgan fingerprint density at radius 3 is 2.10 bits per heavy atom. The number of amides is 1. The molecule has 108 valence electrons. The highest BCUT2D eigenvalue weighted by molar-refractivity contribution is 5.99. The van der Waals surface area contributed by atoms with Crippen LogP contribution >= 0.6 is 0 Å². The van der Waals surface area contributed by atoms with E-state index in [1.807, 2.05) is 18.2 Å². The number of carbonyl (C=O) groups excluding carboxylic acids is 1. The Kier molecular flexibility index (Phi) is 4.17. The van der Waals surface area contributed by atoms with Crippen molar-refractivity contribution >= 4 is 12.0 Å². The van der Waals surface area contributed by atoms with Gasteiger partial charge in [0, 0.05) is 12.1 Å². The van der Waals surface area contributed by atoms with Crippen molar-refractivity contribution in [2.24, 2.45) is 0 Å². The molecule has 0 saturated carbocycles. The van der Waals surface area contributed by atoms with Gasteiger partial charge in [-0.05, 0) is 53.2 Å². The molecule has 20 heavy (non-hydrogen) atoms. The summed E-state index contributed by atoms with van der Waals surface area (Å²) in [6.45, 7) is 8.99. The van der Waals surface area contributed by atoms with E-state index in [9.17, 15) is 9.90 Å². The minimum atomic E-state index is 0.0234. The van der Waals surface area contributed by atoms with Gasteiger partial charge in [-0.1, -0.05) is 27.7 Å². The van der Waals surface area contributed by atoms with Crippen molar-refractivity contribution in [3.05, 3.63) is 34.4 Å². The molecule has 0 aromatic heterocycles. The van der Waals surface area contributed by atoms with E-state index in [0.29, 0.717) is 5.75 Å². The van der Waals surface area contributed by atoms with Gasteiger partial charge in [0.2, 0.25) is 5.91 Å². The van der Waals surface area contributed by atoms with Gasteiger partial charge in [-0.3, -0.25) is 4.79 Å². The molecule has 1 saturated heterocycles. The molecule has 1 fully saturated rings. The van der Waals surface area contributed by atoms with Crippen LogP contribution in [0.2, 0.25) is 0 Å². The summed E-state index contributed by atoms with van der Waals surface area (Å²) in [4.78, 5) is 11.7. The molecular formula is C17H23NO2. The summed E-state index contributed by atoms with van der Waals surface area (Å²) in [5, 5.41) is 13.2. The number of aromatic hydroxyl groups is 1. The molecule has 1 aliphatic rings. The summed E-state index contributed by atoms with van der Waals surface area (Å²) in [7, 11) is 0. The van der Waals surface area contributed by atoms with Gasteiger partial charge < -0.3 is 10.4 Å². The minimum Gasteiger partial charge on any atom is -0.507 e. The van der Waals surface area contributed by atoms with E-state index >= 15 is 0 Å². The van der Waals surface area contributed by atoms with Crippen molar-refractivity contribution in [3.8, 4) is 5.75 Å². The van der Waals surface area contributed by atoms with E-state index in [1.54, 1.807) is 0 Å². The smallest absolute Gasteiger partial charge is 0.247 e. The Morgan fingerprint density at radius 1 is 1.15 bits per heavy atom. The summed E-state index contributed by atoms with van der Waals surface area (Å²) >= 11 is 0. The standard InChI is InChI=1S/C17H23NO2/c1-10(2)14-8-12(7-13-5-6-18-17(13)20)9-15(11(3)4)16(14)19/h7-11,19H,5-6H2,1-4H3,(H,18,20). The minimum absolute atomic E-state index is 0.0234. The first-order valence-electron chi connectivity index (χ1n) is 7.25. The lowest BCUT2D eigenvalue weighted by molar-refractivity contribution is -0.116. The third-order valence-corrected chi connectivity index (χ3v) is 3.75. The highest BCUT2D eigenvalue weighted by Crippen LogP contribution is 2.35. The quantitative estimate of drug-likeness (QED) is 0.828. The Balaban J connectivity index is 2.51. The zero-order chi connectivity index (χ0) is 14.9. The van der Waals surface area contributed by atoms with Gasteiger partial charge in [-0.2, -0.15) is 0 Å². The number of phenolic OH excluding ortho intramolecular Hbond substituents is 1. The lowest BCUT2D eigenvalue weighted by Gasteiger charge is -2.16. The van der Waals surface area contributed by atoms with Gasteiger partial charge in [-0.15, -0.1) is 0 Å². The molecule has 1 heterocycles. The molecule has 0 spiro atoms. The number of hydrogen-bond acceptors (Lipinski definition) is 2. The Bertz CT molecular complexity index is 527. The maximum Gasteiger partial charge on any atom is 0.247 e. The Labute approximate surface area is 120 Å². The fourth-order valence-corrected chi connectivity index (χ4v) is 2.54. The molecule has 1 aromatic carbocycles. The van der Waals surface area contributed by atoms with E-state index in [2.05, 4.69) is 33.0 Å². The van der Waals surface area contributed by atoms with Crippen LogP contribution in [0.25, 0.3) is 6.08 Å². The first-order valence-corrected chi connectivity index (χ1v) is 7.25. The Morgan fingerprint density at radius 2 is 1.70 bits per heavy atom. The summed E-state index contributed by atoms with van der Waals surface area (Å²) in [5.41, 5.74) is 3.71. The summed E-state index contributed by atoms with van der Waals surface area (Å²) in [6.07, 6.45) is 2.72. The van der Waals surface area contributed by atoms with Crippen LogP contribution in [0, 0.1) is 0 Å². The largest absolute Gasteiger partial charge is 0.507 e. The summed E-state index contributed by atoms with van der Waals surface area (Å²) in [6, 6.07) is 3.98. The van der Waals surface area contributed by atoms with Crippen LogP contribution < -0.4 is 5.32 Å².